The molecule has 0 spiro atoms. The van der Waals surface area contributed by atoms with Gasteiger partial charge in [0.2, 0.25) is 0 Å². The molecule has 0 rings (SSSR count). The Morgan fingerprint density at radius 2 is 2.44 bits per heavy atom. The quantitative estimate of drug-likeness (QED) is 0.186. The van der Waals surface area contributed by atoms with Crippen LogP contribution in [0.15, 0.2) is 0 Å². The van der Waals surface area contributed by atoms with Gasteiger partial charge >= 0.3 is 0 Å². The lowest BCUT2D eigenvalue weighted by Gasteiger charge is -2.22. The second-order valence-electron chi connectivity index (χ2n) is 1.58. The molecule has 54 valence electrons. The van der Waals surface area contributed by atoms with E-state index < -0.39 is 6.02 Å². The van der Waals surface area contributed by atoms with Crippen molar-refractivity contribution in [1.29, 1.82) is 5.41 Å². The fraction of sp³-hybridized carbons (Fsp3) is 0.750. The van der Waals surface area contributed by atoms with E-state index in [-0.39, 0.29) is 0 Å². The summed E-state index contributed by atoms with van der Waals surface area (Å²) < 4.78 is 0. The minimum atomic E-state index is -0.927. The van der Waals surface area contributed by atoms with Gasteiger partial charge in [0.15, 0.2) is 0 Å². The third kappa shape index (κ3) is 3.75. The average Bonchev–Trinajstić information content (AvgIpc) is 1.82. The Morgan fingerprint density at radius 1 is 1.89 bits per heavy atom. The van der Waals surface area contributed by atoms with E-state index in [0.29, 0.717) is 11.7 Å². The molecule has 0 atom stereocenters. The monoisotopic (exact) mass is 131 g/mol. The Hall–Kier alpha value is -0.810. The number of nitrogens with zero attached hydrogens (tertiary/aromatic N) is 1. The Kier molecular flexibility index (Phi) is 3.74. The summed E-state index contributed by atoms with van der Waals surface area (Å²) in [6.45, 7) is 2.55. The SMILES string of the molecule is CCCNN(N)C(=N)[O-]. The lowest BCUT2D eigenvalue weighted by molar-refractivity contribution is -0.240. The standard InChI is InChI=1S/C4H12N4O/c1-2-3-7-8(6)4(5)9/h7H,2-3,6H2,1H3,(H2,5,9)/p-1. The summed E-state index contributed by atoms with van der Waals surface area (Å²) in [6, 6.07) is -0.927. The first-order valence-corrected chi connectivity index (χ1v) is 2.72. The second-order valence-corrected chi connectivity index (χ2v) is 1.58. The van der Waals surface area contributed by atoms with E-state index in [2.05, 4.69) is 5.43 Å². The average molecular weight is 131 g/mol. The molecular weight excluding hydrogens is 120 g/mol. The van der Waals surface area contributed by atoms with Gasteiger partial charge in [-0.25, -0.2) is 16.4 Å². The summed E-state index contributed by atoms with van der Waals surface area (Å²) in [6.07, 6.45) is 0.876. The lowest BCUT2D eigenvalue weighted by atomic mass is 10.5. The van der Waals surface area contributed by atoms with Gasteiger partial charge in [0.05, 0.1) is 6.02 Å². The Labute approximate surface area is 53.9 Å². The van der Waals surface area contributed by atoms with Crippen LogP contribution in [-0.4, -0.2) is 17.7 Å². The highest BCUT2D eigenvalue weighted by molar-refractivity contribution is 5.63. The molecule has 4 N–H and O–H groups in total. The number of amidine groups is 1. The minimum absolute atomic E-state index is 0.612. The topological polar surface area (TPSA) is 88.2 Å². The molecule has 0 aliphatic heterocycles. The van der Waals surface area contributed by atoms with Crippen LogP contribution in [0.1, 0.15) is 13.3 Å². The number of nitrogens with two attached hydrogens (primary N) is 1. The first kappa shape index (κ1) is 8.19. The normalized spacial score (nSPS) is 9.11. The van der Waals surface area contributed by atoms with E-state index in [0.717, 1.165) is 6.42 Å². The lowest BCUT2D eigenvalue weighted by Crippen LogP contribution is -2.52. The highest BCUT2D eigenvalue weighted by atomic mass is 16.3. The van der Waals surface area contributed by atoms with Crippen molar-refractivity contribution in [3.8, 4) is 0 Å². The van der Waals surface area contributed by atoms with E-state index in [1.807, 2.05) is 6.92 Å². The van der Waals surface area contributed by atoms with Gasteiger partial charge in [0.1, 0.15) is 0 Å². The number of hydrogen-bond acceptors (Lipinski definition) is 4. The van der Waals surface area contributed by atoms with Crippen molar-refractivity contribution < 1.29 is 5.11 Å². The molecule has 0 saturated carbocycles. The first-order chi connectivity index (χ1) is 4.18. The van der Waals surface area contributed by atoms with Crippen molar-refractivity contribution >= 4 is 6.02 Å². The molecule has 0 fully saturated rings. The molecule has 0 aromatic rings. The molecule has 0 radical (unpaired) electrons. The molecule has 0 aromatic carbocycles. The molecule has 5 heteroatoms. The van der Waals surface area contributed by atoms with Gasteiger partial charge < -0.3 is 5.11 Å². The summed E-state index contributed by atoms with van der Waals surface area (Å²) in [7, 11) is 0. The molecule has 9 heavy (non-hydrogen) atoms. The molecule has 5 nitrogen and oxygen atoms in total. The Balaban J connectivity index is 3.27. The summed E-state index contributed by atoms with van der Waals surface area (Å²) in [5.74, 6) is 4.99. The van der Waals surface area contributed by atoms with Crippen molar-refractivity contribution in [2.24, 2.45) is 5.84 Å². The smallest absolute Gasteiger partial charge is 0.0801 e. The van der Waals surface area contributed by atoms with Crippen molar-refractivity contribution in [3.63, 3.8) is 0 Å². The third-order valence-electron chi connectivity index (χ3n) is 0.751. The van der Waals surface area contributed by atoms with Crippen LogP contribution >= 0.6 is 0 Å². The zero-order chi connectivity index (χ0) is 7.28. The molecule has 0 heterocycles. The molecule has 0 bridgehead atoms. The zero-order valence-electron chi connectivity index (χ0n) is 5.35. The third-order valence-corrected chi connectivity index (χ3v) is 0.751. The molecule has 0 saturated heterocycles. The summed E-state index contributed by atoms with van der Waals surface area (Å²) in [5.41, 5.74) is 2.51. The Bertz CT molecular complexity index is 94.6. The van der Waals surface area contributed by atoms with Crippen LogP contribution in [-0.2, 0) is 0 Å². The molecule has 0 amide bonds. The summed E-state index contributed by atoms with van der Waals surface area (Å²) >= 11 is 0. The van der Waals surface area contributed by atoms with Gasteiger partial charge in [0.25, 0.3) is 0 Å². The van der Waals surface area contributed by atoms with Crippen molar-refractivity contribution in [3.05, 3.63) is 0 Å². The van der Waals surface area contributed by atoms with E-state index >= 15 is 0 Å². The number of hydrazine groups is 2. The van der Waals surface area contributed by atoms with Gasteiger partial charge in [0, 0.05) is 6.54 Å². The largest absolute Gasteiger partial charge is 0.844 e. The molecule has 0 aliphatic rings. The van der Waals surface area contributed by atoms with Gasteiger partial charge in [-0.1, -0.05) is 6.92 Å². The van der Waals surface area contributed by atoms with Crippen LogP contribution < -0.4 is 16.4 Å². The zero-order valence-corrected chi connectivity index (χ0v) is 5.35. The highest BCUT2D eigenvalue weighted by Gasteiger charge is 1.88. The van der Waals surface area contributed by atoms with Gasteiger partial charge in [-0.3, -0.25) is 5.41 Å². The predicted octanol–water partition coefficient (Wildman–Crippen LogP) is -1.63. The van der Waals surface area contributed by atoms with Crippen LogP contribution in [0.25, 0.3) is 0 Å². The van der Waals surface area contributed by atoms with Gasteiger partial charge in [-0.15, -0.1) is 0 Å². The van der Waals surface area contributed by atoms with Crippen molar-refractivity contribution in [2.75, 3.05) is 6.54 Å². The van der Waals surface area contributed by atoms with E-state index in [9.17, 15) is 5.11 Å². The van der Waals surface area contributed by atoms with Crippen LogP contribution in [0.2, 0.25) is 0 Å². The van der Waals surface area contributed by atoms with Crippen LogP contribution in [0.3, 0.4) is 0 Å². The maximum Gasteiger partial charge on any atom is 0.0801 e. The maximum atomic E-state index is 10.1. The van der Waals surface area contributed by atoms with Crippen molar-refractivity contribution in [1.82, 2.24) is 10.5 Å². The number of nitrogens with one attached hydrogen (secondary N) is 2. The minimum Gasteiger partial charge on any atom is -0.844 e. The molecule has 0 unspecified atom stereocenters. The fourth-order valence-corrected chi connectivity index (χ4v) is 0.304. The van der Waals surface area contributed by atoms with Crippen LogP contribution in [0.5, 0.6) is 0 Å². The molecular formula is C4H11N4O-. The van der Waals surface area contributed by atoms with Crippen LogP contribution in [0, 0.1) is 5.41 Å². The number of rotatable bonds is 3. The summed E-state index contributed by atoms with van der Waals surface area (Å²) in [4.78, 5) is 0. The van der Waals surface area contributed by atoms with Gasteiger partial charge in [-0.05, 0) is 6.42 Å². The first-order valence-electron chi connectivity index (χ1n) is 2.72. The maximum absolute atomic E-state index is 10.1. The highest BCUT2D eigenvalue weighted by Crippen LogP contribution is 1.70. The molecule has 0 aliphatic carbocycles. The van der Waals surface area contributed by atoms with Gasteiger partial charge in [-0.2, -0.15) is 0 Å². The molecule has 0 aromatic heterocycles. The predicted molar refractivity (Wildman–Crippen MR) is 32.0 cm³/mol. The van der Waals surface area contributed by atoms with E-state index in [4.69, 9.17) is 11.3 Å². The number of hydrogen-bond donors (Lipinski definition) is 3. The van der Waals surface area contributed by atoms with E-state index in [1.54, 1.807) is 0 Å². The van der Waals surface area contributed by atoms with Crippen molar-refractivity contribution in [2.45, 2.75) is 13.3 Å². The summed E-state index contributed by atoms with van der Waals surface area (Å²) in [5, 5.41) is 17.2. The Morgan fingerprint density at radius 3 is 2.78 bits per heavy atom. The van der Waals surface area contributed by atoms with Crippen LogP contribution in [0.4, 0.5) is 0 Å². The fourth-order valence-electron chi connectivity index (χ4n) is 0.304. The van der Waals surface area contributed by atoms with E-state index in [1.165, 1.54) is 0 Å². The second kappa shape index (κ2) is 4.11.